The fourth-order valence-corrected chi connectivity index (χ4v) is 1.93. The molecule has 2 heteroatoms. The van der Waals surface area contributed by atoms with Gasteiger partial charge in [0, 0.05) is 11.1 Å². The molecule has 0 aliphatic heterocycles. The SMILES string of the molecule is CCC(CCC(C)N)c1ccc(Cl)cc1. The second-order valence-electron chi connectivity index (χ2n) is 4.21. The Morgan fingerprint density at radius 3 is 2.27 bits per heavy atom. The minimum Gasteiger partial charge on any atom is -0.328 e. The molecule has 84 valence electrons. The predicted molar refractivity (Wildman–Crippen MR) is 67.4 cm³/mol. The van der Waals surface area contributed by atoms with Crippen LogP contribution in [0.15, 0.2) is 24.3 Å². The molecule has 0 aliphatic rings. The molecule has 2 unspecified atom stereocenters. The second-order valence-corrected chi connectivity index (χ2v) is 4.65. The van der Waals surface area contributed by atoms with Gasteiger partial charge in [-0.2, -0.15) is 0 Å². The molecule has 1 aromatic rings. The number of benzene rings is 1. The van der Waals surface area contributed by atoms with Crippen LogP contribution in [0.1, 0.15) is 44.6 Å². The molecule has 0 radical (unpaired) electrons. The maximum atomic E-state index is 5.87. The van der Waals surface area contributed by atoms with Crippen molar-refractivity contribution in [3.8, 4) is 0 Å². The van der Waals surface area contributed by atoms with Crippen LogP contribution in [0.5, 0.6) is 0 Å². The third-order valence-electron chi connectivity index (χ3n) is 2.80. The summed E-state index contributed by atoms with van der Waals surface area (Å²) in [6.07, 6.45) is 3.41. The van der Waals surface area contributed by atoms with Gasteiger partial charge in [0.2, 0.25) is 0 Å². The van der Waals surface area contributed by atoms with Crippen LogP contribution in [-0.4, -0.2) is 6.04 Å². The Morgan fingerprint density at radius 1 is 1.20 bits per heavy atom. The van der Waals surface area contributed by atoms with Crippen molar-refractivity contribution in [2.75, 3.05) is 0 Å². The zero-order valence-corrected chi connectivity index (χ0v) is 10.3. The van der Waals surface area contributed by atoms with E-state index in [2.05, 4.69) is 26.0 Å². The summed E-state index contributed by atoms with van der Waals surface area (Å²) in [7, 11) is 0. The predicted octanol–water partition coefficient (Wildman–Crippen LogP) is 3.96. The fraction of sp³-hybridized carbons (Fsp3) is 0.538. The highest BCUT2D eigenvalue weighted by molar-refractivity contribution is 6.30. The average Bonchev–Trinajstić information content (AvgIpc) is 2.21. The van der Waals surface area contributed by atoms with Gasteiger partial charge < -0.3 is 5.73 Å². The third-order valence-corrected chi connectivity index (χ3v) is 3.06. The first-order chi connectivity index (χ1) is 7.13. The Morgan fingerprint density at radius 2 is 1.80 bits per heavy atom. The Hall–Kier alpha value is -0.530. The van der Waals surface area contributed by atoms with Gasteiger partial charge in [0.25, 0.3) is 0 Å². The van der Waals surface area contributed by atoms with Crippen LogP contribution in [0.2, 0.25) is 5.02 Å². The smallest absolute Gasteiger partial charge is 0.0406 e. The third kappa shape index (κ3) is 4.23. The van der Waals surface area contributed by atoms with Crippen LogP contribution in [0.3, 0.4) is 0 Å². The summed E-state index contributed by atoms with van der Waals surface area (Å²) >= 11 is 5.87. The maximum Gasteiger partial charge on any atom is 0.0406 e. The lowest BCUT2D eigenvalue weighted by Crippen LogP contribution is -2.15. The minimum atomic E-state index is 0.298. The van der Waals surface area contributed by atoms with Crippen LogP contribution < -0.4 is 5.73 Å². The van der Waals surface area contributed by atoms with Gasteiger partial charge in [-0.05, 0) is 49.8 Å². The lowest BCUT2D eigenvalue weighted by molar-refractivity contribution is 0.532. The number of hydrogen-bond donors (Lipinski definition) is 1. The quantitative estimate of drug-likeness (QED) is 0.807. The van der Waals surface area contributed by atoms with Crippen molar-refractivity contribution in [1.29, 1.82) is 0 Å². The summed E-state index contributed by atoms with van der Waals surface area (Å²) in [6, 6.07) is 8.47. The largest absolute Gasteiger partial charge is 0.328 e. The molecule has 15 heavy (non-hydrogen) atoms. The van der Waals surface area contributed by atoms with Gasteiger partial charge >= 0.3 is 0 Å². The fourth-order valence-electron chi connectivity index (χ4n) is 1.81. The van der Waals surface area contributed by atoms with Crippen molar-refractivity contribution < 1.29 is 0 Å². The summed E-state index contributed by atoms with van der Waals surface area (Å²) in [5.41, 5.74) is 7.15. The topological polar surface area (TPSA) is 26.0 Å². The van der Waals surface area contributed by atoms with Gasteiger partial charge in [0.15, 0.2) is 0 Å². The molecule has 0 aromatic heterocycles. The van der Waals surface area contributed by atoms with E-state index in [0.717, 1.165) is 24.3 Å². The van der Waals surface area contributed by atoms with E-state index in [0.29, 0.717) is 12.0 Å². The summed E-state index contributed by atoms with van der Waals surface area (Å²) in [4.78, 5) is 0. The molecular weight excluding hydrogens is 206 g/mol. The minimum absolute atomic E-state index is 0.298. The number of rotatable bonds is 5. The summed E-state index contributed by atoms with van der Waals surface area (Å²) in [5.74, 6) is 0.619. The van der Waals surface area contributed by atoms with Crippen molar-refractivity contribution >= 4 is 11.6 Å². The lowest BCUT2D eigenvalue weighted by Gasteiger charge is -2.16. The summed E-state index contributed by atoms with van der Waals surface area (Å²) in [5, 5.41) is 0.806. The van der Waals surface area contributed by atoms with E-state index >= 15 is 0 Å². The zero-order valence-electron chi connectivity index (χ0n) is 9.54. The Bertz CT molecular complexity index is 279. The Balaban J connectivity index is 2.61. The van der Waals surface area contributed by atoms with E-state index in [1.807, 2.05) is 12.1 Å². The van der Waals surface area contributed by atoms with Gasteiger partial charge in [-0.1, -0.05) is 30.7 Å². The molecule has 0 fully saturated rings. The van der Waals surface area contributed by atoms with Gasteiger partial charge in [0.1, 0.15) is 0 Å². The Kier molecular flexibility index (Phi) is 5.13. The summed E-state index contributed by atoms with van der Waals surface area (Å²) in [6.45, 7) is 4.29. The molecule has 0 heterocycles. The molecule has 0 spiro atoms. The van der Waals surface area contributed by atoms with Crippen molar-refractivity contribution in [2.45, 2.75) is 45.1 Å². The molecule has 0 saturated heterocycles. The molecule has 1 aromatic carbocycles. The molecule has 2 atom stereocenters. The highest BCUT2D eigenvalue weighted by atomic mass is 35.5. The Labute approximate surface area is 97.6 Å². The van der Waals surface area contributed by atoms with Gasteiger partial charge in [-0.3, -0.25) is 0 Å². The van der Waals surface area contributed by atoms with E-state index in [9.17, 15) is 0 Å². The molecule has 0 amide bonds. The molecular formula is C13H20ClN. The zero-order chi connectivity index (χ0) is 11.3. The van der Waals surface area contributed by atoms with E-state index in [-0.39, 0.29) is 0 Å². The van der Waals surface area contributed by atoms with Crippen molar-refractivity contribution in [3.05, 3.63) is 34.9 Å². The van der Waals surface area contributed by atoms with Gasteiger partial charge in [-0.25, -0.2) is 0 Å². The number of hydrogen-bond acceptors (Lipinski definition) is 1. The van der Waals surface area contributed by atoms with Crippen LogP contribution in [0, 0.1) is 0 Å². The molecule has 0 saturated carbocycles. The van der Waals surface area contributed by atoms with E-state index in [4.69, 9.17) is 17.3 Å². The highest BCUT2D eigenvalue weighted by Crippen LogP contribution is 2.26. The highest BCUT2D eigenvalue weighted by Gasteiger charge is 2.09. The second kappa shape index (κ2) is 6.14. The monoisotopic (exact) mass is 225 g/mol. The first-order valence-corrected chi connectivity index (χ1v) is 6.02. The molecule has 1 nitrogen and oxygen atoms in total. The maximum absolute atomic E-state index is 5.87. The number of nitrogens with two attached hydrogens (primary N) is 1. The van der Waals surface area contributed by atoms with Gasteiger partial charge in [0.05, 0.1) is 0 Å². The van der Waals surface area contributed by atoms with E-state index in [1.165, 1.54) is 5.56 Å². The van der Waals surface area contributed by atoms with Crippen molar-refractivity contribution in [3.63, 3.8) is 0 Å². The van der Waals surface area contributed by atoms with Crippen LogP contribution >= 0.6 is 11.6 Å². The molecule has 1 rings (SSSR count). The van der Waals surface area contributed by atoms with Crippen LogP contribution in [-0.2, 0) is 0 Å². The molecule has 2 N–H and O–H groups in total. The van der Waals surface area contributed by atoms with Crippen molar-refractivity contribution in [1.82, 2.24) is 0 Å². The average molecular weight is 226 g/mol. The standard InChI is InChI=1S/C13H20ClN/c1-3-11(5-4-10(2)15)12-6-8-13(14)9-7-12/h6-11H,3-5,15H2,1-2H3. The van der Waals surface area contributed by atoms with E-state index in [1.54, 1.807) is 0 Å². The molecule has 0 bridgehead atoms. The van der Waals surface area contributed by atoms with Crippen LogP contribution in [0.4, 0.5) is 0 Å². The lowest BCUT2D eigenvalue weighted by atomic mass is 9.91. The summed E-state index contributed by atoms with van der Waals surface area (Å²) < 4.78 is 0. The van der Waals surface area contributed by atoms with E-state index < -0.39 is 0 Å². The first kappa shape index (κ1) is 12.5. The van der Waals surface area contributed by atoms with Crippen LogP contribution in [0.25, 0.3) is 0 Å². The molecule has 0 aliphatic carbocycles. The normalized spacial score (nSPS) is 14.9. The first-order valence-electron chi connectivity index (χ1n) is 5.64. The number of halogens is 1. The van der Waals surface area contributed by atoms with Gasteiger partial charge in [-0.15, -0.1) is 0 Å². The van der Waals surface area contributed by atoms with Crippen molar-refractivity contribution in [2.24, 2.45) is 5.73 Å².